The van der Waals surface area contributed by atoms with Crippen LogP contribution in [0, 0.1) is 0 Å². The lowest BCUT2D eigenvalue weighted by atomic mass is 10.2. The highest BCUT2D eigenvalue weighted by atomic mass is 79.9. The van der Waals surface area contributed by atoms with Crippen LogP contribution in [0.25, 0.3) is 0 Å². The Bertz CT molecular complexity index is 575. The number of anilines is 1. The highest BCUT2D eigenvalue weighted by Crippen LogP contribution is 2.29. The van der Waals surface area contributed by atoms with Crippen LogP contribution in [0.1, 0.15) is 5.56 Å². The Morgan fingerprint density at radius 2 is 1.89 bits per heavy atom. The first-order chi connectivity index (χ1) is 8.56. The molecule has 0 aliphatic heterocycles. The van der Waals surface area contributed by atoms with E-state index in [4.69, 9.17) is 22.1 Å². The van der Waals surface area contributed by atoms with E-state index in [0.717, 1.165) is 14.5 Å². The zero-order valence-corrected chi connectivity index (χ0v) is 13.2. The Morgan fingerprint density at radius 3 is 2.61 bits per heavy atom. The topological polar surface area (TPSA) is 35.2 Å². The Kier molecular flexibility index (Phi) is 4.54. The molecule has 0 spiro atoms. The van der Waals surface area contributed by atoms with Gasteiger partial charge in [-0.15, -0.1) is 0 Å². The number of nitrogen functional groups attached to an aromatic ring is 1. The predicted molar refractivity (Wildman–Crippen MR) is 82.0 cm³/mol. The SMILES string of the molecule is Nc1ccc(COc2cc(Br)ccc2Cl)c(Br)c1. The Morgan fingerprint density at radius 1 is 1.11 bits per heavy atom. The van der Waals surface area contributed by atoms with E-state index in [1.807, 2.05) is 30.3 Å². The Hall–Kier alpha value is -0.710. The van der Waals surface area contributed by atoms with E-state index in [2.05, 4.69) is 31.9 Å². The summed E-state index contributed by atoms with van der Waals surface area (Å²) < 4.78 is 7.55. The van der Waals surface area contributed by atoms with Gasteiger partial charge < -0.3 is 10.5 Å². The van der Waals surface area contributed by atoms with Crippen LogP contribution in [0.3, 0.4) is 0 Å². The second-order valence-electron chi connectivity index (χ2n) is 3.71. The lowest BCUT2D eigenvalue weighted by molar-refractivity contribution is 0.305. The van der Waals surface area contributed by atoms with E-state index < -0.39 is 0 Å². The second kappa shape index (κ2) is 5.95. The summed E-state index contributed by atoms with van der Waals surface area (Å²) in [5.74, 6) is 0.648. The van der Waals surface area contributed by atoms with Crippen molar-refractivity contribution < 1.29 is 4.74 Å². The normalized spacial score (nSPS) is 10.4. The fourth-order valence-corrected chi connectivity index (χ4v) is 2.45. The highest BCUT2D eigenvalue weighted by Gasteiger charge is 2.05. The molecule has 0 unspecified atom stereocenters. The fourth-order valence-electron chi connectivity index (χ4n) is 1.42. The quantitative estimate of drug-likeness (QED) is 0.745. The molecule has 0 saturated carbocycles. The molecule has 18 heavy (non-hydrogen) atoms. The molecule has 2 rings (SSSR count). The minimum atomic E-state index is 0.428. The minimum absolute atomic E-state index is 0.428. The molecule has 0 radical (unpaired) electrons. The molecule has 94 valence electrons. The van der Waals surface area contributed by atoms with Crippen molar-refractivity contribution >= 4 is 49.1 Å². The third kappa shape index (κ3) is 3.40. The number of rotatable bonds is 3. The first-order valence-corrected chi connectivity index (χ1v) is 7.14. The lowest BCUT2D eigenvalue weighted by Gasteiger charge is -2.10. The summed E-state index contributed by atoms with van der Waals surface area (Å²) in [6.07, 6.45) is 0. The largest absolute Gasteiger partial charge is 0.487 e. The van der Waals surface area contributed by atoms with Gasteiger partial charge in [0.25, 0.3) is 0 Å². The van der Waals surface area contributed by atoms with E-state index in [9.17, 15) is 0 Å². The van der Waals surface area contributed by atoms with Gasteiger partial charge in [0.15, 0.2) is 0 Å². The van der Waals surface area contributed by atoms with Gasteiger partial charge in [0.2, 0.25) is 0 Å². The van der Waals surface area contributed by atoms with Crippen LogP contribution in [0.4, 0.5) is 5.69 Å². The number of halogens is 3. The number of nitrogens with two attached hydrogens (primary N) is 1. The number of hydrogen-bond acceptors (Lipinski definition) is 2. The summed E-state index contributed by atoms with van der Waals surface area (Å²) in [5.41, 5.74) is 7.41. The molecule has 0 fully saturated rings. The summed E-state index contributed by atoms with van der Waals surface area (Å²) in [6.45, 7) is 0.428. The maximum atomic E-state index is 6.05. The van der Waals surface area contributed by atoms with Crippen LogP contribution >= 0.6 is 43.5 Å². The van der Waals surface area contributed by atoms with E-state index in [1.165, 1.54) is 0 Å². The van der Waals surface area contributed by atoms with Crippen molar-refractivity contribution in [1.29, 1.82) is 0 Å². The van der Waals surface area contributed by atoms with Crippen LogP contribution in [-0.2, 0) is 6.61 Å². The summed E-state index contributed by atoms with van der Waals surface area (Å²) in [6, 6.07) is 11.1. The molecular formula is C13H10Br2ClNO. The molecule has 0 bridgehead atoms. The van der Waals surface area contributed by atoms with Crippen molar-refractivity contribution in [3.63, 3.8) is 0 Å². The molecule has 2 aromatic carbocycles. The van der Waals surface area contributed by atoms with Crippen LogP contribution in [-0.4, -0.2) is 0 Å². The van der Waals surface area contributed by atoms with Gasteiger partial charge >= 0.3 is 0 Å². The van der Waals surface area contributed by atoms with E-state index in [0.29, 0.717) is 23.1 Å². The van der Waals surface area contributed by atoms with Crippen molar-refractivity contribution in [3.05, 3.63) is 55.9 Å². The van der Waals surface area contributed by atoms with Gasteiger partial charge in [-0.25, -0.2) is 0 Å². The molecule has 0 heterocycles. The van der Waals surface area contributed by atoms with E-state index in [-0.39, 0.29) is 0 Å². The molecular weight excluding hydrogens is 381 g/mol. The fraction of sp³-hybridized carbons (Fsp3) is 0.0769. The minimum Gasteiger partial charge on any atom is -0.487 e. The maximum Gasteiger partial charge on any atom is 0.139 e. The highest BCUT2D eigenvalue weighted by molar-refractivity contribution is 9.10. The lowest BCUT2D eigenvalue weighted by Crippen LogP contribution is -1.98. The smallest absolute Gasteiger partial charge is 0.139 e. The summed E-state index contributed by atoms with van der Waals surface area (Å²) >= 11 is 12.9. The van der Waals surface area contributed by atoms with Gasteiger partial charge in [-0.1, -0.05) is 49.5 Å². The number of benzene rings is 2. The zero-order valence-electron chi connectivity index (χ0n) is 9.29. The first-order valence-electron chi connectivity index (χ1n) is 5.18. The molecule has 0 amide bonds. The summed E-state index contributed by atoms with van der Waals surface area (Å²) in [5, 5.41) is 0.588. The molecule has 2 N–H and O–H groups in total. The Balaban J connectivity index is 2.13. The third-order valence-corrected chi connectivity index (χ3v) is 3.90. The molecule has 0 atom stereocenters. The van der Waals surface area contributed by atoms with Crippen LogP contribution < -0.4 is 10.5 Å². The average molecular weight is 391 g/mol. The summed E-state index contributed by atoms with van der Waals surface area (Å²) in [7, 11) is 0. The van der Waals surface area contributed by atoms with Crippen LogP contribution in [0.15, 0.2) is 45.3 Å². The first kappa shape index (κ1) is 13.7. The van der Waals surface area contributed by atoms with Gasteiger partial charge in [0, 0.05) is 20.2 Å². The average Bonchev–Trinajstić information content (AvgIpc) is 2.32. The van der Waals surface area contributed by atoms with Gasteiger partial charge in [0.05, 0.1) is 5.02 Å². The van der Waals surface area contributed by atoms with E-state index >= 15 is 0 Å². The molecule has 0 saturated heterocycles. The van der Waals surface area contributed by atoms with Crippen molar-refractivity contribution in [2.75, 3.05) is 5.73 Å². The monoisotopic (exact) mass is 389 g/mol. The van der Waals surface area contributed by atoms with Gasteiger partial charge in [0.1, 0.15) is 12.4 Å². The van der Waals surface area contributed by atoms with Gasteiger partial charge in [-0.05, 0) is 30.3 Å². The van der Waals surface area contributed by atoms with Crippen LogP contribution in [0.5, 0.6) is 5.75 Å². The maximum absolute atomic E-state index is 6.05. The Labute approximate surface area is 127 Å². The second-order valence-corrected chi connectivity index (χ2v) is 5.89. The van der Waals surface area contributed by atoms with Gasteiger partial charge in [-0.2, -0.15) is 0 Å². The van der Waals surface area contributed by atoms with Crippen molar-refractivity contribution in [1.82, 2.24) is 0 Å². The molecule has 0 aliphatic carbocycles. The molecule has 0 aliphatic rings. The third-order valence-electron chi connectivity index (χ3n) is 2.35. The van der Waals surface area contributed by atoms with Crippen molar-refractivity contribution in [2.24, 2.45) is 0 Å². The van der Waals surface area contributed by atoms with E-state index in [1.54, 1.807) is 6.07 Å². The molecule has 0 aromatic heterocycles. The molecule has 5 heteroatoms. The predicted octanol–water partition coefficient (Wildman–Crippen LogP) is 5.03. The summed E-state index contributed by atoms with van der Waals surface area (Å²) in [4.78, 5) is 0. The molecule has 2 nitrogen and oxygen atoms in total. The number of hydrogen-bond donors (Lipinski definition) is 1. The number of ether oxygens (including phenoxy) is 1. The molecule has 2 aromatic rings. The van der Waals surface area contributed by atoms with Crippen LogP contribution in [0.2, 0.25) is 5.02 Å². The van der Waals surface area contributed by atoms with Crippen molar-refractivity contribution in [3.8, 4) is 5.75 Å². The standard InChI is InChI=1S/C13H10Br2ClNO/c14-9-2-4-12(16)13(5-9)18-7-8-1-3-10(17)6-11(8)15/h1-6H,7,17H2. The zero-order chi connectivity index (χ0) is 13.1. The van der Waals surface area contributed by atoms with Crippen molar-refractivity contribution in [2.45, 2.75) is 6.61 Å². The van der Waals surface area contributed by atoms with Gasteiger partial charge in [-0.3, -0.25) is 0 Å².